The lowest BCUT2D eigenvalue weighted by Crippen LogP contribution is -2.33. The summed E-state index contributed by atoms with van der Waals surface area (Å²) in [5, 5.41) is 2.46. The number of aryl methyl sites for hydroxylation is 3. The maximum Gasteiger partial charge on any atom is 0.140 e. The average Bonchev–Trinajstić information content (AvgIpc) is 3.42. The van der Waals surface area contributed by atoms with E-state index in [0.717, 1.165) is 89.8 Å². The van der Waals surface area contributed by atoms with Crippen LogP contribution in [-0.2, 0) is 32.2 Å². The number of fused-ring (bicyclic) bond motifs is 3. The molecule has 4 heteroatoms. The molecule has 0 unspecified atom stereocenters. The molecule has 1 fully saturated rings. The first-order chi connectivity index (χ1) is 21.7. The summed E-state index contributed by atoms with van der Waals surface area (Å²) in [5.41, 5.74) is 12.2. The van der Waals surface area contributed by atoms with Gasteiger partial charge in [0.05, 0.1) is 17.2 Å². The van der Waals surface area contributed by atoms with Crippen molar-refractivity contribution in [3.05, 3.63) is 129 Å². The summed E-state index contributed by atoms with van der Waals surface area (Å²) in [6.07, 6.45) is 16.2. The quantitative estimate of drug-likeness (QED) is 0.237. The van der Waals surface area contributed by atoms with Gasteiger partial charge in [-0.2, -0.15) is 0 Å². The minimum absolute atomic E-state index is 0.951. The van der Waals surface area contributed by atoms with E-state index in [1.54, 1.807) is 5.57 Å². The number of benzene rings is 2. The molecule has 4 nitrogen and oxygen atoms in total. The van der Waals surface area contributed by atoms with Crippen molar-refractivity contribution in [3.63, 3.8) is 0 Å². The van der Waals surface area contributed by atoms with Crippen LogP contribution < -0.4 is 10.6 Å². The Kier molecular flexibility index (Phi) is 8.43. The normalized spacial score (nSPS) is 16.3. The highest BCUT2D eigenvalue weighted by atomic mass is 15.1. The van der Waals surface area contributed by atoms with E-state index in [0.29, 0.717) is 0 Å². The molecule has 44 heavy (non-hydrogen) atoms. The van der Waals surface area contributed by atoms with Crippen molar-refractivity contribution < 1.29 is 0 Å². The van der Waals surface area contributed by atoms with Crippen molar-refractivity contribution in [2.45, 2.75) is 71.3 Å². The average molecular weight is 581 g/mol. The summed E-state index contributed by atoms with van der Waals surface area (Å²) in [5.74, 6) is 1.14. The van der Waals surface area contributed by atoms with Crippen LogP contribution in [0.3, 0.4) is 0 Å². The van der Waals surface area contributed by atoms with Gasteiger partial charge >= 0.3 is 0 Å². The van der Waals surface area contributed by atoms with Gasteiger partial charge in [0.15, 0.2) is 0 Å². The number of aromatic nitrogens is 3. The third kappa shape index (κ3) is 6.01. The Hall–Kier alpha value is -4.02. The molecular formula is C40H44N4. The molecule has 0 amide bonds. The van der Waals surface area contributed by atoms with E-state index in [1.807, 2.05) is 0 Å². The number of hydrogen-bond donors (Lipinski definition) is 0. The Labute approximate surface area is 262 Å². The van der Waals surface area contributed by atoms with Gasteiger partial charge in [-0.3, -0.25) is 4.98 Å². The van der Waals surface area contributed by atoms with Crippen molar-refractivity contribution in [1.29, 1.82) is 0 Å². The first kappa shape index (κ1) is 28.7. The maximum atomic E-state index is 5.02. The van der Waals surface area contributed by atoms with Gasteiger partial charge in [0.1, 0.15) is 5.82 Å². The Morgan fingerprint density at radius 2 is 1.59 bits per heavy atom. The van der Waals surface area contributed by atoms with Gasteiger partial charge in [-0.05, 0) is 96.9 Å². The summed E-state index contributed by atoms with van der Waals surface area (Å²) in [7, 11) is 0. The third-order valence-corrected chi connectivity index (χ3v) is 9.87. The van der Waals surface area contributed by atoms with E-state index < -0.39 is 0 Å². The number of hydrogen-bond acceptors (Lipinski definition) is 3. The predicted molar refractivity (Wildman–Crippen MR) is 183 cm³/mol. The molecule has 7 rings (SSSR count). The fourth-order valence-electron chi connectivity index (χ4n) is 7.14. The Morgan fingerprint density at radius 3 is 2.41 bits per heavy atom. The van der Waals surface area contributed by atoms with E-state index in [4.69, 9.17) is 9.97 Å². The lowest BCUT2D eigenvalue weighted by atomic mass is 9.90. The summed E-state index contributed by atoms with van der Waals surface area (Å²) < 4.78 is 2.44. The van der Waals surface area contributed by atoms with Crippen molar-refractivity contribution >= 4 is 23.3 Å². The molecule has 4 aromatic rings. The number of rotatable bonds is 8. The van der Waals surface area contributed by atoms with Crippen molar-refractivity contribution in [1.82, 2.24) is 19.4 Å². The van der Waals surface area contributed by atoms with E-state index in [9.17, 15) is 0 Å². The van der Waals surface area contributed by atoms with E-state index in [1.165, 1.54) is 55.4 Å². The van der Waals surface area contributed by atoms with E-state index in [2.05, 4.69) is 102 Å². The van der Waals surface area contributed by atoms with Gasteiger partial charge in [-0.15, -0.1) is 0 Å². The summed E-state index contributed by atoms with van der Waals surface area (Å²) in [6.45, 7) is 10.8. The molecular weight excluding hydrogens is 536 g/mol. The first-order valence-electron chi connectivity index (χ1n) is 16.7. The number of imidazole rings is 1. The molecule has 0 N–H and O–H groups in total. The zero-order valence-corrected chi connectivity index (χ0v) is 26.2. The highest BCUT2D eigenvalue weighted by molar-refractivity contribution is 5.82. The summed E-state index contributed by atoms with van der Waals surface area (Å²) in [4.78, 5) is 12.6. The van der Waals surface area contributed by atoms with Crippen LogP contribution in [0.15, 0.2) is 79.0 Å². The Balaban J connectivity index is 0.985. The lowest BCUT2D eigenvalue weighted by Gasteiger charge is -2.30. The van der Waals surface area contributed by atoms with Crippen LogP contribution in [0.1, 0.15) is 78.5 Å². The highest BCUT2D eigenvalue weighted by Gasteiger charge is 2.26. The van der Waals surface area contributed by atoms with Crippen LogP contribution >= 0.6 is 0 Å². The van der Waals surface area contributed by atoms with Crippen molar-refractivity contribution in [2.24, 2.45) is 0 Å². The fourth-order valence-corrected chi connectivity index (χ4v) is 7.14. The molecule has 2 aromatic carbocycles. The van der Waals surface area contributed by atoms with Crippen LogP contribution in [0, 0.1) is 0 Å². The largest absolute Gasteiger partial charge is 0.324 e. The topological polar surface area (TPSA) is 34.0 Å². The smallest absolute Gasteiger partial charge is 0.140 e. The van der Waals surface area contributed by atoms with Gasteiger partial charge in [-0.25, -0.2) is 4.98 Å². The standard InChI is InChI=1S/C40H44N4/c1-3-29(2)38-28-41-40-39(36-10-6-4-8-32(36)23-27-44(38)40)34-21-25-43(26-22-34)24-20-31-14-12-30(13-15-31)16-18-35-19-17-33-9-5-7-11-37(33)42-35/h4,6,8-15,17,19,28H,2-3,5,7,16,18,20-27H2,1H3. The second-order valence-electron chi connectivity index (χ2n) is 12.6. The second-order valence-corrected chi connectivity index (χ2v) is 12.6. The van der Waals surface area contributed by atoms with Gasteiger partial charge in [0.25, 0.3) is 0 Å². The molecule has 0 bridgehead atoms. The van der Waals surface area contributed by atoms with Crippen LogP contribution in [0.25, 0.3) is 23.3 Å². The number of likely N-dealkylation sites (tertiary alicyclic amines) is 1. The molecule has 3 aliphatic rings. The minimum atomic E-state index is 0.951. The molecule has 2 aliphatic heterocycles. The van der Waals surface area contributed by atoms with Gasteiger partial charge in [0.2, 0.25) is 0 Å². The zero-order valence-electron chi connectivity index (χ0n) is 26.2. The highest BCUT2D eigenvalue weighted by Crippen LogP contribution is 2.37. The number of allylic oxidation sites excluding steroid dienone is 1. The molecule has 0 radical (unpaired) electrons. The molecule has 0 atom stereocenters. The predicted octanol–water partition coefficient (Wildman–Crippen LogP) is 6.54. The van der Waals surface area contributed by atoms with Crippen LogP contribution in [0.5, 0.6) is 0 Å². The van der Waals surface area contributed by atoms with Crippen LogP contribution in [0.4, 0.5) is 0 Å². The molecule has 1 aliphatic carbocycles. The van der Waals surface area contributed by atoms with Gasteiger partial charge in [0, 0.05) is 37.4 Å². The maximum absolute atomic E-state index is 5.02. The van der Waals surface area contributed by atoms with Gasteiger partial charge < -0.3 is 9.47 Å². The minimum Gasteiger partial charge on any atom is -0.324 e. The monoisotopic (exact) mass is 580 g/mol. The van der Waals surface area contributed by atoms with E-state index >= 15 is 0 Å². The zero-order chi connectivity index (χ0) is 29.9. The van der Waals surface area contributed by atoms with Crippen LogP contribution in [0.2, 0.25) is 0 Å². The van der Waals surface area contributed by atoms with Crippen LogP contribution in [-0.4, -0.2) is 39.1 Å². The number of piperidine rings is 1. The third-order valence-electron chi connectivity index (χ3n) is 9.87. The molecule has 4 heterocycles. The molecule has 1 saturated heterocycles. The Morgan fingerprint density at radius 1 is 0.818 bits per heavy atom. The van der Waals surface area contributed by atoms with Crippen molar-refractivity contribution in [2.75, 3.05) is 19.6 Å². The van der Waals surface area contributed by atoms with Gasteiger partial charge in [-0.1, -0.05) is 85.8 Å². The number of pyridine rings is 1. The Bertz CT molecular complexity index is 1810. The van der Waals surface area contributed by atoms with E-state index in [-0.39, 0.29) is 0 Å². The molecule has 2 aromatic heterocycles. The second kappa shape index (κ2) is 12.9. The number of nitrogens with zero attached hydrogens (tertiary/aromatic N) is 4. The molecule has 224 valence electrons. The summed E-state index contributed by atoms with van der Waals surface area (Å²) in [6, 6.07) is 22.7. The SMILES string of the molecule is C=C(CC)c1cnc2n1CCc1ccccc1C2=C1CCN(CCc2ccc(CCc3ccc4c(n3)=CCCC=4)cc2)CC1. The molecule has 0 spiro atoms. The first-order valence-corrected chi connectivity index (χ1v) is 16.7. The summed E-state index contributed by atoms with van der Waals surface area (Å²) >= 11 is 0. The van der Waals surface area contributed by atoms with Crippen molar-refractivity contribution in [3.8, 4) is 0 Å². The fraction of sp³-hybridized carbons (Fsp3) is 0.350. The molecule has 0 saturated carbocycles. The lowest BCUT2D eigenvalue weighted by molar-refractivity contribution is 0.260.